The predicted molar refractivity (Wildman–Crippen MR) is 79.2 cm³/mol. The fourth-order valence-electron chi connectivity index (χ4n) is 2.29. The van der Waals surface area contributed by atoms with Gasteiger partial charge in [-0.25, -0.2) is 4.79 Å². The molecule has 2 atom stereocenters. The zero-order valence-corrected chi connectivity index (χ0v) is 12.5. The van der Waals surface area contributed by atoms with E-state index in [2.05, 4.69) is 10.6 Å². The highest BCUT2D eigenvalue weighted by atomic mass is 16.4. The van der Waals surface area contributed by atoms with Crippen molar-refractivity contribution >= 4 is 29.3 Å². The summed E-state index contributed by atoms with van der Waals surface area (Å²) in [6, 6.07) is 5.11. The molecule has 1 aliphatic heterocycles. The lowest BCUT2D eigenvalue weighted by molar-refractivity contribution is -0.309. The molecule has 0 fully saturated rings. The number of carbonyl (C=O) groups excluding carboxylic acids is 3. The molecule has 2 N–H and O–H groups in total. The molecule has 0 bridgehead atoms. The molecule has 1 aromatic rings. The second kappa shape index (κ2) is 6.46. The number of nitrogens with one attached hydrogen (secondary N) is 2. The SMILES string of the molecule is CC[C@H](C)[C@H](NC(=O)N1CC(=O)Nc2ccccc21)C(=O)[O-]. The van der Waals surface area contributed by atoms with E-state index in [1.807, 2.05) is 6.92 Å². The topological polar surface area (TPSA) is 102 Å². The van der Waals surface area contributed by atoms with Gasteiger partial charge in [-0.3, -0.25) is 9.69 Å². The maximum Gasteiger partial charge on any atom is 0.322 e. The Bertz CT molecular complexity index is 602. The Morgan fingerprint density at radius 1 is 1.41 bits per heavy atom. The van der Waals surface area contributed by atoms with Crippen LogP contribution in [0.3, 0.4) is 0 Å². The highest BCUT2D eigenvalue weighted by molar-refractivity contribution is 6.09. The van der Waals surface area contributed by atoms with Gasteiger partial charge in [-0.05, 0) is 18.1 Å². The fraction of sp³-hybridized carbons (Fsp3) is 0.400. The monoisotopic (exact) mass is 304 g/mol. The number of aliphatic carboxylic acids is 1. The Hall–Kier alpha value is -2.57. The van der Waals surface area contributed by atoms with E-state index in [1.165, 1.54) is 4.90 Å². The van der Waals surface area contributed by atoms with E-state index in [0.717, 1.165) is 0 Å². The number of fused-ring (bicyclic) bond motifs is 1. The van der Waals surface area contributed by atoms with E-state index in [0.29, 0.717) is 17.8 Å². The molecule has 1 aliphatic rings. The number of carboxylic acid groups (broad SMARTS) is 1. The van der Waals surface area contributed by atoms with Crippen LogP contribution in [0.25, 0.3) is 0 Å². The van der Waals surface area contributed by atoms with Crippen molar-refractivity contribution in [2.24, 2.45) is 5.92 Å². The van der Waals surface area contributed by atoms with Crippen LogP contribution in [-0.4, -0.2) is 30.5 Å². The van der Waals surface area contributed by atoms with Crippen LogP contribution in [0.5, 0.6) is 0 Å². The molecule has 0 saturated carbocycles. The van der Waals surface area contributed by atoms with Gasteiger partial charge >= 0.3 is 6.03 Å². The summed E-state index contributed by atoms with van der Waals surface area (Å²) in [7, 11) is 0. The van der Waals surface area contributed by atoms with Crippen molar-refractivity contribution in [1.82, 2.24) is 5.32 Å². The molecule has 0 spiro atoms. The second-order valence-electron chi connectivity index (χ2n) is 5.28. The summed E-state index contributed by atoms with van der Waals surface area (Å²) in [4.78, 5) is 36.5. The maximum absolute atomic E-state index is 12.4. The molecule has 3 amide bonds. The van der Waals surface area contributed by atoms with E-state index in [-0.39, 0.29) is 18.4 Å². The first-order valence-corrected chi connectivity index (χ1v) is 7.11. The lowest BCUT2D eigenvalue weighted by Gasteiger charge is -2.32. The quantitative estimate of drug-likeness (QED) is 0.836. The van der Waals surface area contributed by atoms with Gasteiger partial charge in [0, 0.05) is 0 Å². The van der Waals surface area contributed by atoms with Gasteiger partial charge in [-0.15, -0.1) is 0 Å². The average Bonchev–Trinajstić information content (AvgIpc) is 2.50. The first kappa shape index (κ1) is 15.8. The number of amides is 3. The number of benzene rings is 1. The Labute approximate surface area is 128 Å². The normalized spacial score (nSPS) is 16.3. The summed E-state index contributed by atoms with van der Waals surface area (Å²) < 4.78 is 0. The summed E-state index contributed by atoms with van der Waals surface area (Å²) in [5.41, 5.74) is 1.04. The molecule has 0 radical (unpaired) electrons. The minimum absolute atomic E-state index is 0.164. The molecule has 0 saturated heterocycles. The fourth-order valence-corrected chi connectivity index (χ4v) is 2.29. The molecule has 22 heavy (non-hydrogen) atoms. The number of rotatable bonds is 4. The van der Waals surface area contributed by atoms with Gasteiger partial charge in [-0.2, -0.15) is 0 Å². The smallest absolute Gasteiger partial charge is 0.322 e. The summed E-state index contributed by atoms with van der Waals surface area (Å²) in [5.74, 6) is -1.94. The summed E-state index contributed by atoms with van der Waals surface area (Å²) >= 11 is 0. The molecular formula is C15H18N3O4-. The van der Waals surface area contributed by atoms with Crippen LogP contribution in [0.4, 0.5) is 16.2 Å². The minimum atomic E-state index is -1.34. The number of hydrogen-bond acceptors (Lipinski definition) is 4. The van der Waals surface area contributed by atoms with E-state index in [9.17, 15) is 19.5 Å². The standard InChI is InChI=1S/C15H19N3O4/c1-3-9(2)13(14(20)21)17-15(22)18-8-12(19)16-10-6-4-5-7-11(10)18/h4-7,9,13H,3,8H2,1-2H3,(H,16,19)(H,17,22)(H,20,21)/p-1/t9-,13-/m0/s1. The van der Waals surface area contributed by atoms with Crippen LogP contribution in [-0.2, 0) is 9.59 Å². The third kappa shape index (κ3) is 3.19. The van der Waals surface area contributed by atoms with Crippen molar-refractivity contribution in [3.63, 3.8) is 0 Å². The molecule has 7 nitrogen and oxygen atoms in total. The van der Waals surface area contributed by atoms with E-state index in [1.54, 1.807) is 31.2 Å². The van der Waals surface area contributed by atoms with Gasteiger partial charge in [0.05, 0.1) is 23.4 Å². The van der Waals surface area contributed by atoms with Gasteiger partial charge in [0.1, 0.15) is 6.54 Å². The van der Waals surface area contributed by atoms with Gasteiger partial charge in [0.2, 0.25) is 5.91 Å². The molecule has 0 aromatic heterocycles. The Balaban J connectivity index is 2.22. The first-order chi connectivity index (χ1) is 10.4. The van der Waals surface area contributed by atoms with Crippen LogP contribution in [0, 0.1) is 5.92 Å². The van der Waals surface area contributed by atoms with Crippen molar-refractivity contribution < 1.29 is 19.5 Å². The van der Waals surface area contributed by atoms with Crippen molar-refractivity contribution in [2.45, 2.75) is 26.3 Å². The van der Waals surface area contributed by atoms with Crippen molar-refractivity contribution in [3.05, 3.63) is 24.3 Å². The summed E-state index contributed by atoms with van der Waals surface area (Å²) in [6.45, 7) is 3.39. The molecular weight excluding hydrogens is 286 g/mol. The van der Waals surface area contributed by atoms with Crippen LogP contribution >= 0.6 is 0 Å². The third-order valence-corrected chi connectivity index (χ3v) is 3.76. The molecule has 0 unspecified atom stereocenters. The Morgan fingerprint density at radius 3 is 2.73 bits per heavy atom. The third-order valence-electron chi connectivity index (χ3n) is 3.76. The van der Waals surface area contributed by atoms with Crippen molar-refractivity contribution in [2.75, 3.05) is 16.8 Å². The molecule has 1 aromatic carbocycles. The van der Waals surface area contributed by atoms with Gasteiger partial charge in [-0.1, -0.05) is 32.4 Å². The van der Waals surface area contributed by atoms with Crippen molar-refractivity contribution in [1.29, 1.82) is 0 Å². The van der Waals surface area contributed by atoms with Gasteiger partial charge in [0.25, 0.3) is 0 Å². The lowest BCUT2D eigenvalue weighted by Crippen LogP contribution is -2.56. The van der Waals surface area contributed by atoms with E-state index < -0.39 is 18.0 Å². The molecule has 0 aliphatic carbocycles. The maximum atomic E-state index is 12.4. The first-order valence-electron chi connectivity index (χ1n) is 7.11. The number of nitrogens with zero attached hydrogens (tertiary/aromatic N) is 1. The second-order valence-corrected chi connectivity index (χ2v) is 5.28. The number of urea groups is 1. The van der Waals surface area contributed by atoms with Gasteiger partial charge < -0.3 is 20.5 Å². The van der Waals surface area contributed by atoms with Crippen LogP contribution < -0.4 is 20.6 Å². The number of anilines is 2. The Morgan fingerprint density at radius 2 is 2.09 bits per heavy atom. The predicted octanol–water partition coefficient (Wildman–Crippen LogP) is 0.319. The summed E-state index contributed by atoms with van der Waals surface area (Å²) in [6.07, 6.45) is 0.579. The van der Waals surface area contributed by atoms with Crippen LogP contribution in [0.15, 0.2) is 24.3 Å². The Kier molecular flexibility index (Phi) is 4.65. The van der Waals surface area contributed by atoms with Gasteiger partial charge in [0.15, 0.2) is 0 Å². The number of carbonyl (C=O) groups is 3. The lowest BCUT2D eigenvalue weighted by atomic mass is 9.99. The number of para-hydroxylation sites is 2. The van der Waals surface area contributed by atoms with Crippen molar-refractivity contribution in [3.8, 4) is 0 Å². The van der Waals surface area contributed by atoms with Crippen LogP contribution in [0.1, 0.15) is 20.3 Å². The minimum Gasteiger partial charge on any atom is -0.548 e. The van der Waals surface area contributed by atoms with E-state index >= 15 is 0 Å². The van der Waals surface area contributed by atoms with E-state index in [4.69, 9.17) is 0 Å². The number of hydrogen-bond donors (Lipinski definition) is 2. The average molecular weight is 304 g/mol. The zero-order chi connectivity index (χ0) is 16.3. The summed E-state index contributed by atoms with van der Waals surface area (Å²) in [5, 5.41) is 16.3. The van der Waals surface area contributed by atoms with Crippen LogP contribution in [0.2, 0.25) is 0 Å². The molecule has 1 heterocycles. The largest absolute Gasteiger partial charge is 0.548 e. The molecule has 118 valence electrons. The molecule has 2 rings (SSSR count). The number of carboxylic acids is 1. The highest BCUT2D eigenvalue weighted by Crippen LogP contribution is 2.28. The highest BCUT2D eigenvalue weighted by Gasteiger charge is 2.29. The zero-order valence-electron chi connectivity index (χ0n) is 12.5. The molecule has 7 heteroatoms.